The third kappa shape index (κ3) is 5.41. The highest BCUT2D eigenvalue weighted by Gasteiger charge is 2.15. The van der Waals surface area contributed by atoms with Gasteiger partial charge in [0.15, 0.2) is 0 Å². The molecule has 4 nitrogen and oxygen atoms in total. The summed E-state index contributed by atoms with van der Waals surface area (Å²) in [5.74, 6) is 0. The summed E-state index contributed by atoms with van der Waals surface area (Å²) in [6.07, 6.45) is 15.2. The lowest BCUT2D eigenvalue weighted by Crippen LogP contribution is -2.37. The van der Waals surface area contributed by atoms with Crippen LogP contribution in [0.15, 0.2) is 58.7 Å². The third-order valence-corrected chi connectivity index (χ3v) is 2.35. The van der Waals surface area contributed by atoms with E-state index in [2.05, 4.69) is 34.0 Å². The first-order valence-electron chi connectivity index (χ1n) is 5.91. The number of nitrogens with zero attached hydrogens (tertiary/aromatic N) is 2. The largest absolute Gasteiger partial charge is 0.399 e. The van der Waals surface area contributed by atoms with Crippen LogP contribution in [0.1, 0.15) is 6.92 Å². The highest BCUT2D eigenvalue weighted by Crippen LogP contribution is 2.08. The van der Waals surface area contributed by atoms with Gasteiger partial charge in [-0.25, -0.2) is 0 Å². The van der Waals surface area contributed by atoms with Gasteiger partial charge in [0.05, 0.1) is 18.8 Å². The van der Waals surface area contributed by atoms with Gasteiger partial charge in [-0.2, -0.15) is 0 Å². The molecule has 0 heterocycles. The van der Waals surface area contributed by atoms with Gasteiger partial charge in [-0.05, 0) is 25.3 Å². The lowest BCUT2D eigenvalue weighted by atomic mass is 10.0. The van der Waals surface area contributed by atoms with Crippen molar-refractivity contribution in [1.29, 1.82) is 0 Å². The van der Waals surface area contributed by atoms with E-state index in [9.17, 15) is 0 Å². The van der Waals surface area contributed by atoms with E-state index in [4.69, 9.17) is 5.73 Å². The first kappa shape index (κ1) is 14.1. The highest BCUT2D eigenvalue weighted by atomic mass is 15.0. The smallest absolute Gasteiger partial charge is 0.0889 e. The van der Waals surface area contributed by atoms with Crippen LogP contribution < -0.4 is 11.1 Å². The summed E-state index contributed by atoms with van der Waals surface area (Å²) in [6, 6.07) is 0.339. The number of hydrogen-bond acceptors (Lipinski definition) is 4. The van der Waals surface area contributed by atoms with Gasteiger partial charge in [-0.1, -0.05) is 30.9 Å². The molecular formula is C14H20N4. The van der Waals surface area contributed by atoms with Crippen LogP contribution in [0.25, 0.3) is 0 Å². The van der Waals surface area contributed by atoms with Crippen molar-refractivity contribution in [3.05, 3.63) is 48.7 Å². The molecule has 0 spiro atoms. The molecule has 0 aromatic rings. The summed E-state index contributed by atoms with van der Waals surface area (Å²) in [5.41, 5.74) is 5.90. The standard InChI is InChI=1S/C14H20N4/c1-3-17-13-8-4-5-9-14(13)18-11-16-10-6-7-12(2)15/h3-10,13-14,18H,2,11,15H2,1H3/b7-6-,16-10?,17-3?. The maximum absolute atomic E-state index is 5.38. The molecule has 4 heteroatoms. The van der Waals surface area contributed by atoms with Crippen LogP contribution in [0, 0.1) is 0 Å². The lowest BCUT2D eigenvalue weighted by Gasteiger charge is -2.20. The molecule has 1 aliphatic rings. The molecule has 0 aromatic carbocycles. The molecule has 0 saturated heterocycles. The predicted molar refractivity (Wildman–Crippen MR) is 79.0 cm³/mol. The second-order valence-electron chi connectivity index (χ2n) is 3.82. The Hall–Kier alpha value is -1.94. The van der Waals surface area contributed by atoms with Gasteiger partial charge >= 0.3 is 0 Å². The minimum atomic E-state index is 0.148. The van der Waals surface area contributed by atoms with E-state index in [1.165, 1.54) is 0 Å². The molecule has 0 radical (unpaired) electrons. The molecule has 0 aliphatic heterocycles. The van der Waals surface area contributed by atoms with Crippen LogP contribution in [-0.2, 0) is 0 Å². The van der Waals surface area contributed by atoms with Crippen molar-refractivity contribution in [2.24, 2.45) is 15.7 Å². The number of allylic oxidation sites excluding steroid dienone is 4. The molecule has 2 atom stereocenters. The van der Waals surface area contributed by atoms with Crippen molar-refractivity contribution in [2.75, 3.05) is 6.67 Å². The van der Waals surface area contributed by atoms with Crippen molar-refractivity contribution in [2.45, 2.75) is 19.0 Å². The molecule has 1 aliphatic carbocycles. The average Bonchev–Trinajstić information content (AvgIpc) is 2.35. The summed E-state index contributed by atoms with van der Waals surface area (Å²) in [6.45, 7) is 6.02. The fourth-order valence-corrected chi connectivity index (χ4v) is 1.54. The van der Waals surface area contributed by atoms with Crippen molar-refractivity contribution >= 4 is 12.4 Å². The topological polar surface area (TPSA) is 62.8 Å². The maximum atomic E-state index is 5.38. The first-order valence-corrected chi connectivity index (χ1v) is 5.91. The second-order valence-corrected chi connectivity index (χ2v) is 3.82. The zero-order valence-corrected chi connectivity index (χ0v) is 10.7. The van der Waals surface area contributed by atoms with Gasteiger partial charge < -0.3 is 5.73 Å². The molecule has 0 fully saturated rings. The Morgan fingerprint density at radius 1 is 1.44 bits per heavy atom. The summed E-state index contributed by atoms with van der Waals surface area (Å²) < 4.78 is 0. The summed E-state index contributed by atoms with van der Waals surface area (Å²) in [4.78, 5) is 8.59. The first-order chi connectivity index (χ1) is 8.74. The number of hydrogen-bond donors (Lipinski definition) is 2. The van der Waals surface area contributed by atoms with Gasteiger partial charge in [0, 0.05) is 11.9 Å². The van der Waals surface area contributed by atoms with Crippen LogP contribution in [-0.4, -0.2) is 31.2 Å². The zero-order chi connectivity index (χ0) is 13.2. The fourth-order valence-electron chi connectivity index (χ4n) is 1.54. The summed E-state index contributed by atoms with van der Waals surface area (Å²) in [5, 5.41) is 3.31. The number of rotatable bonds is 6. The lowest BCUT2D eigenvalue weighted by molar-refractivity contribution is 0.556. The maximum Gasteiger partial charge on any atom is 0.0889 e. The van der Waals surface area contributed by atoms with E-state index >= 15 is 0 Å². The Kier molecular flexibility index (Phi) is 6.43. The number of aliphatic imine (C=N–C) groups is 2. The third-order valence-electron chi connectivity index (χ3n) is 2.35. The molecule has 96 valence electrons. The molecule has 0 aromatic heterocycles. The molecule has 18 heavy (non-hydrogen) atoms. The summed E-state index contributed by atoms with van der Waals surface area (Å²) >= 11 is 0. The molecular weight excluding hydrogens is 224 g/mol. The number of nitrogens with one attached hydrogen (secondary N) is 1. The van der Waals surface area contributed by atoms with Gasteiger partial charge in [-0.3, -0.25) is 15.3 Å². The SMILES string of the molecule is C=C(N)/C=C\C=NCNC1C=CC=CC1N=CC. The quantitative estimate of drug-likeness (QED) is 0.550. The second kappa shape index (κ2) is 8.20. The minimum Gasteiger partial charge on any atom is -0.399 e. The van der Waals surface area contributed by atoms with E-state index in [1.54, 1.807) is 18.4 Å². The minimum absolute atomic E-state index is 0.148. The van der Waals surface area contributed by atoms with Crippen LogP contribution in [0.2, 0.25) is 0 Å². The number of nitrogens with two attached hydrogens (primary N) is 1. The summed E-state index contributed by atoms with van der Waals surface area (Å²) in [7, 11) is 0. The molecule has 0 amide bonds. The Morgan fingerprint density at radius 3 is 2.94 bits per heavy atom. The molecule has 1 rings (SSSR count). The molecule has 3 N–H and O–H groups in total. The monoisotopic (exact) mass is 244 g/mol. The van der Waals surface area contributed by atoms with Crippen LogP contribution >= 0.6 is 0 Å². The van der Waals surface area contributed by atoms with Gasteiger partial charge in [0.25, 0.3) is 0 Å². The normalized spacial score (nSPS) is 23.6. The van der Waals surface area contributed by atoms with E-state index in [0.717, 1.165) is 0 Å². The van der Waals surface area contributed by atoms with Crippen LogP contribution in [0.4, 0.5) is 0 Å². The van der Waals surface area contributed by atoms with Crippen LogP contribution in [0.5, 0.6) is 0 Å². The van der Waals surface area contributed by atoms with Crippen molar-refractivity contribution in [1.82, 2.24) is 5.32 Å². The highest BCUT2D eigenvalue weighted by molar-refractivity contribution is 5.71. The predicted octanol–water partition coefficient (Wildman–Crippen LogP) is 1.59. The van der Waals surface area contributed by atoms with E-state index < -0.39 is 0 Å². The van der Waals surface area contributed by atoms with Crippen LogP contribution in [0.3, 0.4) is 0 Å². The zero-order valence-electron chi connectivity index (χ0n) is 10.7. The fraction of sp³-hybridized carbons (Fsp3) is 0.286. The molecule has 2 unspecified atom stereocenters. The molecule has 0 bridgehead atoms. The Bertz CT molecular complexity index is 402. The van der Waals surface area contributed by atoms with Crippen molar-refractivity contribution in [3.8, 4) is 0 Å². The Balaban J connectivity index is 2.36. The molecule has 0 saturated carbocycles. The Labute approximate surface area is 108 Å². The van der Waals surface area contributed by atoms with Crippen molar-refractivity contribution in [3.63, 3.8) is 0 Å². The van der Waals surface area contributed by atoms with Gasteiger partial charge in [0.2, 0.25) is 0 Å². The van der Waals surface area contributed by atoms with E-state index in [-0.39, 0.29) is 12.1 Å². The van der Waals surface area contributed by atoms with Gasteiger partial charge in [0.1, 0.15) is 0 Å². The van der Waals surface area contributed by atoms with E-state index in [1.807, 2.05) is 25.3 Å². The van der Waals surface area contributed by atoms with Crippen molar-refractivity contribution < 1.29 is 0 Å². The van der Waals surface area contributed by atoms with E-state index in [0.29, 0.717) is 12.4 Å². The average molecular weight is 244 g/mol. The van der Waals surface area contributed by atoms with Gasteiger partial charge in [-0.15, -0.1) is 0 Å². The Morgan fingerprint density at radius 2 is 2.22 bits per heavy atom.